The molecule has 7 heteroatoms. The molecule has 1 unspecified atom stereocenters. The van der Waals surface area contributed by atoms with Gasteiger partial charge in [0.25, 0.3) is 11.8 Å². The summed E-state index contributed by atoms with van der Waals surface area (Å²) in [5.74, 6) is 0.593. The molecule has 164 valence electrons. The molecular formula is C25H24ClN3O3. The molecule has 0 aliphatic carbocycles. The highest BCUT2D eigenvalue weighted by atomic mass is 35.5. The Kier molecular flexibility index (Phi) is 5.47. The second-order valence-corrected chi connectivity index (χ2v) is 8.74. The van der Waals surface area contributed by atoms with Crippen molar-refractivity contribution in [1.82, 2.24) is 15.2 Å². The number of benzene rings is 2. The topological polar surface area (TPSA) is 71.5 Å². The number of nitrogens with one attached hydrogen (secondary N) is 1. The number of nitrogens with zero attached hydrogens (tertiary/aromatic N) is 2. The average molecular weight is 450 g/mol. The summed E-state index contributed by atoms with van der Waals surface area (Å²) in [6, 6.07) is 11.1. The number of piperidine rings is 1. The molecule has 1 saturated heterocycles. The van der Waals surface area contributed by atoms with E-state index in [1.807, 2.05) is 29.2 Å². The van der Waals surface area contributed by atoms with Gasteiger partial charge in [0.2, 0.25) is 0 Å². The lowest BCUT2D eigenvalue weighted by Gasteiger charge is -2.28. The minimum atomic E-state index is -0.520. The third-order valence-electron chi connectivity index (χ3n) is 6.26. The van der Waals surface area contributed by atoms with Gasteiger partial charge in [0.1, 0.15) is 5.75 Å². The number of carbonyl (C=O) groups excluding carboxylic acids is 2. The zero-order chi connectivity index (χ0) is 22.2. The molecule has 0 radical (unpaired) electrons. The van der Waals surface area contributed by atoms with E-state index >= 15 is 0 Å². The summed E-state index contributed by atoms with van der Waals surface area (Å²) < 4.78 is 6.26. The van der Waals surface area contributed by atoms with Crippen molar-refractivity contribution >= 4 is 34.3 Å². The van der Waals surface area contributed by atoms with Gasteiger partial charge in [-0.2, -0.15) is 0 Å². The normalized spacial score (nSPS) is 17.7. The van der Waals surface area contributed by atoms with Gasteiger partial charge in [-0.25, -0.2) is 0 Å². The number of aromatic nitrogens is 1. The van der Waals surface area contributed by atoms with Crippen LogP contribution in [0.5, 0.6) is 5.75 Å². The Morgan fingerprint density at radius 1 is 1.09 bits per heavy atom. The van der Waals surface area contributed by atoms with Crippen LogP contribution in [0.4, 0.5) is 0 Å². The molecule has 2 aliphatic rings. The van der Waals surface area contributed by atoms with E-state index in [1.165, 1.54) is 6.42 Å². The maximum absolute atomic E-state index is 13.1. The predicted octanol–water partition coefficient (Wildman–Crippen LogP) is 4.23. The summed E-state index contributed by atoms with van der Waals surface area (Å²) in [7, 11) is 1.60. The first-order valence-corrected chi connectivity index (χ1v) is 11.3. The van der Waals surface area contributed by atoms with Crippen molar-refractivity contribution in [3.8, 4) is 16.9 Å². The fourth-order valence-electron chi connectivity index (χ4n) is 4.65. The second-order valence-electron chi connectivity index (χ2n) is 8.31. The molecule has 0 bridgehead atoms. The monoisotopic (exact) mass is 449 g/mol. The van der Waals surface area contributed by atoms with Gasteiger partial charge in [-0.15, -0.1) is 0 Å². The van der Waals surface area contributed by atoms with Crippen LogP contribution in [0.1, 0.15) is 35.2 Å². The SMILES string of the molecule is CNC(=O)c1ccc2c(-c3cc(Cl)cc4c3OC(C(=O)N3CCCCC3)C4)ccnc2c1. The number of hydrogen-bond donors (Lipinski definition) is 1. The second kappa shape index (κ2) is 8.43. The Morgan fingerprint density at radius 3 is 2.69 bits per heavy atom. The predicted molar refractivity (Wildman–Crippen MR) is 124 cm³/mol. The van der Waals surface area contributed by atoms with Gasteiger partial charge in [0, 0.05) is 59.9 Å². The number of carbonyl (C=O) groups is 2. The van der Waals surface area contributed by atoms with E-state index in [4.69, 9.17) is 16.3 Å². The van der Waals surface area contributed by atoms with Crippen LogP contribution in [-0.2, 0) is 11.2 Å². The van der Waals surface area contributed by atoms with Crippen LogP contribution < -0.4 is 10.1 Å². The third kappa shape index (κ3) is 3.69. The first kappa shape index (κ1) is 20.8. The zero-order valence-electron chi connectivity index (χ0n) is 17.9. The lowest BCUT2D eigenvalue weighted by atomic mass is 9.97. The molecule has 5 rings (SSSR count). The molecular weight excluding hydrogens is 426 g/mol. The molecule has 2 aromatic carbocycles. The highest BCUT2D eigenvalue weighted by molar-refractivity contribution is 6.31. The van der Waals surface area contributed by atoms with Crippen LogP contribution in [-0.4, -0.2) is 47.9 Å². The summed E-state index contributed by atoms with van der Waals surface area (Å²) in [6.07, 6.45) is 4.97. The molecule has 3 aromatic rings. The fraction of sp³-hybridized carbons (Fsp3) is 0.320. The Bertz CT molecular complexity index is 1220. The van der Waals surface area contributed by atoms with Crippen molar-refractivity contribution < 1.29 is 14.3 Å². The lowest BCUT2D eigenvalue weighted by molar-refractivity contribution is -0.138. The summed E-state index contributed by atoms with van der Waals surface area (Å²) in [5.41, 5.74) is 3.93. The van der Waals surface area contributed by atoms with Crippen LogP contribution in [0.25, 0.3) is 22.0 Å². The van der Waals surface area contributed by atoms with Crippen LogP contribution in [0.2, 0.25) is 5.02 Å². The van der Waals surface area contributed by atoms with Gasteiger partial charge < -0.3 is 15.0 Å². The quantitative estimate of drug-likeness (QED) is 0.649. The van der Waals surface area contributed by atoms with E-state index < -0.39 is 6.10 Å². The largest absolute Gasteiger partial charge is 0.479 e. The Hall–Kier alpha value is -3.12. The number of likely N-dealkylation sites (tertiary alicyclic amines) is 1. The van der Waals surface area contributed by atoms with E-state index in [0.29, 0.717) is 28.3 Å². The Balaban J connectivity index is 1.53. The number of amides is 2. The van der Waals surface area contributed by atoms with Gasteiger partial charge in [0.05, 0.1) is 5.52 Å². The lowest BCUT2D eigenvalue weighted by Crippen LogP contribution is -2.43. The van der Waals surface area contributed by atoms with Crippen LogP contribution in [0.15, 0.2) is 42.6 Å². The standard InChI is InChI=1S/C25H24ClN3O3/c1-27-24(30)15-5-6-19-18(7-8-28-21(19)12-15)20-14-17(26)11-16-13-22(32-23(16)20)25(31)29-9-3-2-4-10-29/h5-8,11-12,14,22H,2-4,9-10,13H2,1H3,(H,27,30). The number of rotatable bonds is 3. The molecule has 2 amide bonds. The van der Waals surface area contributed by atoms with Gasteiger partial charge in [-0.1, -0.05) is 17.7 Å². The summed E-state index contributed by atoms with van der Waals surface area (Å²) in [5, 5.41) is 4.12. The summed E-state index contributed by atoms with van der Waals surface area (Å²) in [4.78, 5) is 31.5. The van der Waals surface area contributed by atoms with Crippen molar-refractivity contribution in [3.05, 3.63) is 58.7 Å². The van der Waals surface area contributed by atoms with E-state index in [-0.39, 0.29) is 11.8 Å². The molecule has 1 fully saturated rings. The maximum Gasteiger partial charge on any atom is 0.263 e. The number of halogens is 1. The fourth-order valence-corrected chi connectivity index (χ4v) is 4.89. The number of pyridine rings is 1. The molecule has 0 spiro atoms. The first-order valence-electron chi connectivity index (χ1n) is 10.9. The molecule has 6 nitrogen and oxygen atoms in total. The highest BCUT2D eigenvalue weighted by Gasteiger charge is 2.35. The Morgan fingerprint density at radius 2 is 1.91 bits per heavy atom. The van der Waals surface area contributed by atoms with Gasteiger partial charge in [-0.3, -0.25) is 14.6 Å². The molecule has 1 atom stereocenters. The van der Waals surface area contributed by atoms with E-state index in [2.05, 4.69) is 10.3 Å². The first-order chi connectivity index (χ1) is 15.5. The third-order valence-corrected chi connectivity index (χ3v) is 6.48. The van der Waals surface area contributed by atoms with Crippen molar-refractivity contribution in [1.29, 1.82) is 0 Å². The molecule has 1 N–H and O–H groups in total. The van der Waals surface area contributed by atoms with Crippen molar-refractivity contribution in [3.63, 3.8) is 0 Å². The van der Waals surface area contributed by atoms with Gasteiger partial charge >= 0.3 is 0 Å². The van der Waals surface area contributed by atoms with Crippen molar-refractivity contribution in [2.45, 2.75) is 31.8 Å². The van der Waals surface area contributed by atoms with Gasteiger partial charge in [-0.05, 0) is 55.2 Å². The summed E-state index contributed by atoms with van der Waals surface area (Å²) >= 11 is 6.47. The highest BCUT2D eigenvalue weighted by Crippen LogP contribution is 2.43. The van der Waals surface area contributed by atoms with Crippen LogP contribution in [0, 0.1) is 0 Å². The van der Waals surface area contributed by atoms with Crippen LogP contribution in [0.3, 0.4) is 0 Å². The van der Waals surface area contributed by atoms with E-state index in [9.17, 15) is 9.59 Å². The smallest absolute Gasteiger partial charge is 0.263 e. The Labute approximate surface area is 191 Å². The molecule has 2 aliphatic heterocycles. The molecule has 0 saturated carbocycles. The van der Waals surface area contributed by atoms with Crippen molar-refractivity contribution in [2.75, 3.05) is 20.1 Å². The minimum absolute atomic E-state index is 0.0535. The van der Waals surface area contributed by atoms with Gasteiger partial charge in [0.15, 0.2) is 6.10 Å². The summed E-state index contributed by atoms with van der Waals surface area (Å²) in [6.45, 7) is 1.59. The molecule has 1 aromatic heterocycles. The maximum atomic E-state index is 13.1. The van der Waals surface area contributed by atoms with E-state index in [0.717, 1.165) is 48.0 Å². The van der Waals surface area contributed by atoms with Crippen molar-refractivity contribution in [2.24, 2.45) is 0 Å². The number of ether oxygens (including phenoxy) is 1. The minimum Gasteiger partial charge on any atom is -0.479 e. The average Bonchev–Trinajstić information content (AvgIpc) is 3.26. The number of hydrogen-bond acceptors (Lipinski definition) is 4. The number of fused-ring (bicyclic) bond motifs is 2. The zero-order valence-corrected chi connectivity index (χ0v) is 18.6. The van der Waals surface area contributed by atoms with Crippen LogP contribution >= 0.6 is 11.6 Å². The molecule has 3 heterocycles. The molecule has 32 heavy (non-hydrogen) atoms. The van der Waals surface area contributed by atoms with E-state index in [1.54, 1.807) is 25.4 Å².